The molecule has 1 aromatic rings. The smallest absolute Gasteiger partial charge is 0.326 e. The van der Waals surface area contributed by atoms with Crippen molar-refractivity contribution in [2.45, 2.75) is 6.92 Å². The Kier molecular flexibility index (Phi) is 4.89. The van der Waals surface area contributed by atoms with Crippen LogP contribution in [0.4, 0.5) is 4.79 Å². The number of halogens is 2. The Bertz CT molecular complexity index is 644. The normalized spacial score (nSPS) is 15.9. The number of nitrogens with one attached hydrogen (secondary N) is 2. The third-order valence-corrected chi connectivity index (χ3v) is 4.83. The third-order valence-electron chi connectivity index (χ3n) is 2.68. The van der Waals surface area contributed by atoms with Crippen molar-refractivity contribution in [2.24, 2.45) is 0 Å². The SMILES string of the molecule is CCOc1c(OC)cc(/C=C2\NC(=O)NC2=O)c(Br)c1Br. The number of amides is 3. The van der Waals surface area contributed by atoms with Gasteiger partial charge in [0.25, 0.3) is 5.91 Å². The molecule has 0 radical (unpaired) electrons. The van der Waals surface area contributed by atoms with Gasteiger partial charge in [0, 0.05) is 4.47 Å². The minimum absolute atomic E-state index is 0.166. The van der Waals surface area contributed by atoms with E-state index < -0.39 is 11.9 Å². The molecule has 112 valence electrons. The van der Waals surface area contributed by atoms with Crippen LogP contribution in [0.3, 0.4) is 0 Å². The number of ether oxygens (including phenoxy) is 2. The van der Waals surface area contributed by atoms with Gasteiger partial charge < -0.3 is 14.8 Å². The molecule has 1 saturated heterocycles. The summed E-state index contributed by atoms with van der Waals surface area (Å²) in [5.41, 5.74) is 0.827. The standard InChI is InChI=1S/C13H12Br2N2O4/c1-3-21-11-8(20-2)5-6(9(14)10(11)15)4-7-12(18)17-13(19)16-7/h4-5H,3H2,1-2H3,(H2,16,17,18,19)/b7-4-. The van der Waals surface area contributed by atoms with E-state index in [0.717, 1.165) is 0 Å². The van der Waals surface area contributed by atoms with E-state index in [9.17, 15) is 9.59 Å². The average Bonchev–Trinajstić information content (AvgIpc) is 2.76. The van der Waals surface area contributed by atoms with Crippen molar-refractivity contribution >= 4 is 49.9 Å². The van der Waals surface area contributed by atoms with E-state index in [1.807, 2.05) is 6.92 Å². The molecule has 21 heavy (non-hydrogen) atoms. The quantitative estimate of drug-likeness (QED) is 0.581. The van der Waals surface area contributed by atoms with Crippen molar-refractivity contribution in [3.63, 3.8) is 0 Å². The van der Waals surface area contributed by atoms with Gasteiger partial charge >= 0.3 is 6.03 Å². The zero-order valence-electron chi connectivity index (χ0n) is 11.3. The van der Waals surface area contributed by atoms with Gasteiger partial charge in [0.2, 0.25) is 0 Å². The van der Waals surface area contributed by atoms with E-state index in [1.54, 1.807) is 12.1 Å². The molecule has 2 N–H and O–H groups in total. The van der Waals surface area contributed by atoms with Gasteiger partial charge in [0.05, 0.1) is 18.2 Å². The molecular weight excluding hydrogens is 408 g/mol. The molecule has 0 atom stereocenters. The van der Waals surface area contributed by atoms with Gasteiger partial charge in [-0.25, -0.2) is 4.79 Å². The van der Waals surface area contributed by atoms with E-state index >= 15 is 0 Å². The molecule has 0 unspecified atom stereocenters. The molecule has 2 rings (SSSR count). The number of hydrogen-bond donors (Lipinski definition) is 2. The maximum absolute atomic E-state index is 11.6. The Morgan fingerprint density at radius 1 is 1.24 bits per heavy atom. The van der Waals surface area contributed by atoms with Crippen molar-refractivity contribution in [1.29, 1.82) is 0 Å². The Morgan fingerprint density at radius 2 is 1.95 bits per heavy atom. The summed E-state index contributed by atoms with van der Waals surface area (Å²) in [6.45, 7) is 2.36. The molecule has 6 nitrogen and oxygen atoms in total. The van der Waals surface area contributed by atoms with Crippen LogP contribution in [0.25, 0.3) is 6.08 Å². The summed E-state index contributed by atoms with van der Waals surface area (Å²) in [5, 5.41) is 4.57. The van der Waals surface area contributed by atoms with Crippen LogP contribution in [0.15, 0.2) is 20.7 Å². The first-order valence-corrected chi connectivity index (χ1v) is 7.59. The van der Waals surface area contributed by atoms with Gasteiger partial charge in [-0.15, -0.1) is 0 Å². The third kappa shape index (κ3) is 3.21. The van der Waals surface area contributed by atoms with Gasteiger partial charge in [0.1, 0.15) is 5.70 Å². The molecule has 0 saturated carbocycles. The Hall–Kier alpha value is -1.54. The summed E-state index contributed by atoms with van der Waals surface area (Å²) in [4.78, 5) is 22.7. The highest BCUT2D eigenvalue weighted by Crippen LogP contribution is 2.43. The van der Waals surface area contributed by atoms with Crippen LogP contribution in [0.5, 0.6) is 11.5 Å². The summed E-state index contributed by atoms with van der Waals surface area (Å²) >= 11 is 6.87. The predicted octanol–water partition coefficient (Wildman–Crippen LogP) is 2.80. The highest BCUT2D eigenvalue weighted by molar-refractivity contribution is 9.13. The lowest BCUT2D eigenvalue weighted by molar-refractivity contribution is -0.115. The summed E-state index contributed by atoms with van der Waals surface area (Å²) in [7, 11) is 1.53. The van der Waals surface area contributed by atoms with Gasteiger partial charge in [0.15, 0.2) is 11.5 Å². The fourth-order valence-electron chi connectivity index (χ4n) is 1.78. The molecule has 1 aliphatic rings. The zero-order chi connectivity index (χ0) is 15.6. The molecule has 1 aromatic carbocycles. The maximum Gasteiger partial charge on any atom is 0.326 e. The van der Waals surface area contributed by atoms with Gasteiger partial charge in [-0.2, -0.15) is 0 Å². The van der Waals surface area contributed by atoms with Crippen molar-refractivity contribution in [2.75, 3.05) is 13.7 Å². The first-order valence-electron chi connectivity index (χ1n) is 6.00. The molecule has 0 aliphatic carbocycles. The number of methoxy groups -OCH3 is 1. The molecule has 0 aromatic heterocycles. The molecule has 1 fully saturated rings. The lowest BCUT2D eigenvalue weighted by Gasteiger charge is -2.14. The molecule has 0 spiro atoms. The van der Waals surface area contributed by atoms with E-state index in [2.05, 4.69) is 42.5 Å². The Labute approximate surface area is 138 Å². The predicted molar refractivity (Wildman–Crippen MR) is 84.2 cm³/mol. The van der Waals surface area contributed by atoms with Crippen LogP contribution < -0.4 is 20.1 Å². The topological polar surface area (TPSA) is 76.7 Å². The highest BCUT2D eigenvalue weighted by atomic mass is 79.9. The second-order valence-corrected chi connectivity index (χ2v) is 5.61. The second-order valence-electron chi connectivity index (χ2n) is 4.02. The molecule has 8 heteroatoms. The molecule has 1 aliphatic heterocycles. The van der Waals surface area contributed by atoms with Crippen LogP contribution >= 0.6 is 31.9 Å². The maximum atomic E-state index is 11.6. The lowest BCUT2D eigenvalue weighted by atomic mass is 10.1. The summed E-state index contributed by atoms with van der Waals surface area (Å²) < 4.78 is 12.2. The van der Waals surface area contributed by atoms with Crippen molar-refractivity contribution in [3.05, 3.63) is 26.3 Å². The fraction of sp³-hybridized carbons (Fsp3) is 0.231. The van der Waals surface area contributed by atoms with E-state index in [0.29, 0.717) is 32.6 Å². The van der Waals surface area contributed by atoms with E-state index in [4.69, 9.17) is 9.47 Å². The van der Waals surface area contributed by atoms with E-state index in [1.165, 1.54) is 7.11 Å². The van der Waals surface area contributed by atoms with Gasteiger partial charge in [-0.05, 0) is 56.5 Å². The minimum atomic E-state index is -0.542. The summed E-state index contributed by atoms with van der Waals surface area (Å²) in [6, 6.07) is 1.17. The Morgan fingerprint density at radius 3 is 2.48 bits per heavy atom. The van der Waals surface area contributed by atoms with Crippen molar-refractivity contribution in [1.82, 2.24) is 10.6 Å². The number of hydrogen-bond acceptors (Lipinski definition) is 4. The first-order chi connectivity index (χ1) is 9.97. The largest absolute Gasteiger partial charge is 0.493 e. The lowest BCUT2D eigenvalue weighted by Crippen LogP contribution is -2.22. The van der Waals surface area contributed by atoms with Crippen LogP contribution in [-0.2, 0) is 4.79 Å². The van der Waals surface area contributed by atoms with Crippen LogP contribution in [0.1, 0.15) is 12.5 Å². The van der Waals surface area contributed by atoms with Crippen LogP contribution in [-0.4, -0.2) is 25.7 Å². The zero-order valence-corrected chi connectivity index (χ0v) is 14.4. The van der Waals surface area contributed by atoms with Crippen molar-refractivity contribution < 1.29 is 19.1 Å². The fourth-order valence-corrected chi connectivity index (χ4v) is 2.73. The number of imide groups is 1. The molecule has 3 amide bonds. The first kappa shape index (κ1) is 15.8. The van der Waals surface area contributed by atoms with Crippen molar-refractivity contribution in [3.8, 4) is 11.5 Å². The molecular formula is C13H12Br2N2O4. The number of carbonyl (C=O) groups is 2. The summed E-state index contributed by atoms with van der Waals surface area (Å²) in [6.07, 6.45) is 1.55. The second kappa shape index (κ2) is 6.48. The van der Waals surface area contributed by atoms with Gasteiger partial charge in [-0.3, -0.25) is 10.1 Å². The molecule has 1 heterocycles. The number of benzene rings is 1. The number of rotatable bonds is 4. The molecule has 0 bridgehead atoms. The Balaban J connectivity index is 2.50. The minimum Gasteiger partial charge on any atom is -0.493 e. The van der Waals surface area contributed by atoms with Crippen LogP contribution in [0.2, 0.25) is 0 Å². The highest BCUT2D eigenvalue weighted by Gasteiger charge is 2.24. The van der Waals surface area contributed by atoms with Crippen LogP contribution in [0, 0.1) is 0 Å². The van der Waals surface area contributed by atoms with Gasteiger partial charge in [-0.1, -0.05) is 0 Å². The summed E-state index contributed by atoms with van der Waals surface area (Å²) in [5.74, 6) is 0.605. The number of carbonyl (C=O) groups excluding carboxylic acids is 2. The average molecular weight is 420 g/mol. The monoisotopic (exact) mass is 418 g/mol. The number of urea groups is 1. The van der Waals surface area contributed by atoms with E-state index in [-0.39, 0.29) is 5.70 Å².